The molecule has 1 fully saturated rings. The number of hydrogen-bond donors (Lipinski definition) is 1. The highest BCUT2D eigenvalue weighted by Crippen LogP contribution is 2.38. The Morgan fingerprint density at radius 3 is 2.89 bits per heavy atom. The van der Waals surface area contributed by atoms with Crippen LogP contribution in [-0.2, 0) is 0 Å². The first-order valence-corrected chi connectivity index (χ1v) is 7.65. The van der Waals surface area contributed by atoms with Crippen LogP contribution in [0, 0.1) is 0 Å². The number of hydrogen-bond acceptors (Lipinski definition) is 3. The summed E-state index contributed by atoms with van der Waals surface area (Å²) >= 11 is 6.05. The molecule has 0 bridgehead atoms. The molecular weight excluding hydrogens is 258 g/mol. The first-order valence-electron chi connectivity index (χ1n) is 7.27. The van der Waals surface area contributed by atoms with Crippen molar-refractivity contribution >= 4 is 17.4 Å². The highest BCUT2D eigenvalue weighted by Gasteiger charge is 2.27. The molecule has 0 saturated heterocycles. The van der Waals surface area contributed by atoms with E-state index in [0.29, 0.717) is 11.1 Å². The number of anilines is 1. The lowest BCUT2D eigenvalue weighted by Crippen LogP contribution is -2.07. The average molecular weight is 278 g/mol. The van der Waals surface area contributed by atoms with Crippen LogP contribution in [0.15, 0.2) is 17.7 Å². The normalized spacial score (nSPS) is 19.1. The van der Waals surface area contributed by atoms with Gasteiger partial charge in [0.25, 0.3) is 0 Å². The number of rotatable bonds is 5. The van der Waals surface area contributed by atoms with Crippen molar-refractivity contribution in [3.8, 4) is 0 Å². The van der Waals surface area contributed by atoms with Crippen LogP contribution in [-0.4, -0.2) is 16.5 Å². The maximum absolute atomic E-state index is 6.05. The van der Waals surface area contributed by atoms with E-state index in [0.717, 1.165) is 24.6 Å². The fraction of sp³-hybridized carbons (Fsp3) is 0.600. The first kappa shape index (κ1) is 12.9. The Balaban J connectivity index is 1.55. The lowest BCUT2D eigenvalue weighted by Gasteiger charge is -2.13. The van der Waals surface area contributed by atoms with Gasteiger partial charge >= 0.3 is 0 Å². The van der Waals surface area contributed by atoms with E-state index in [4.69, 9.17) is 11.6 Å². The van der Waals surface area contributed by atoms with E-state index in [1.807, 2.05) is 6.07 Å². The molecule has 1 aromatic heterocycles. The third-order valence-electron chi connectivity index (χ3n) is 3.79. The molecular formula is C15H20ClN3. The molecule has 3 nitrogen and oxygen atoms in total. The van der Waals surface area contributed by atoms with Gasteiger partial charge in [0, 0.05) is 18.5 Å². The van der Waals surface area contributed by atoms with E-state index in [1.54, 1.807) is 5.57 Å². The average Bonchev–Trinajstić information content (AvgIpc) is 3.24. The second-order valence-electron chi connectivity index (χ2n) is 5.49. The van der Waals surface area contributed by atoms with Crippen molar-refractivity contribution in [2.75, 3.05) is 11.9 Å². The summed E-state index contributed by atoms with van der Waals surface area (Å²) in [5, 5.41) is 3.93. The summed E-state index contributed by atoms with van der Waals surface area (Å²) in [4.78, 5) is 8.85. The largest absolute Gasteiger partial charge is 0.370 e. The van der Waals surface area contributed by atoms with Crippen LogP contribution in [0.25, 0.3) is 0 Å². The van der Waals surface area contributed by atoms with Gasteiger partial charge in [-0.15, -0.1) is 0 Å². The van der Waals surface area contributed by atoms with Crippen LogP contribution in [0.3, 0.4) is 0 Å². The SMILES string of the molecule is Clc1cc(NCCC2=CCCCC2)nc(C2CC2)n1. The van der Waals surface area contributed by atoms with Crippen LogP contribution < -0.4 is 5.32 Å². The highest BCUT2D eigenvalue weighted by atomic mass is 35.5. The van der Waals surface area contributed by atoms with Crippen molar-refractivity contribution in [3.05, 3.63) is 28.7 Å². The second-order valence-corrected chi connectivity index (χ2v) is 5.88. The molecule has 0 atom stereocenters. The zero-order valence-corrected chi connectivity index (χ0v) is 11.9. The van der Waals surface area contributed by atoms with Crippen molar-refractivity contribution in [1.82, 2.24) is 9.97 Å². The van der Waals surface area contributed by atoms with Crippen LogP contribution in [0.5, 0.6) is 0 Å². The summed E-state index contributed by atoms with van der Waals surface area (Å²) in [6.07, 6.45) is 11.1. The lowest BCUT2D eigenvalue weighted by molar-refractivity contribution is 0.679. The molecule has 1 N–H and O–H groups in total. The Bertz CT molecular complexity index is 480. The molecule has 0 radical (unpaired) electrons. The molecule has 2 aliphatic rings. The van der Waals surface area contributed by atoms with E-state index in [1.165, 1.54) is 38.5 Å². The Kier molecular flexibility index (Phi) is 4.02. The maximum atomic E-state index is 6.05. The Labute approximate surface area is 119 Å². The predicted octanol–water partition coefficient (Wildman–Crippen LogP) is 4.31. The summed E-state index contributed by atoms with van der Waals surface area (Å²) < 4.78 is 0. The highest BCUT2D eigenvalue weighted by molar-refractivity contribution is 6.29. The van der Waals surface area contributed by atoms with Gasteiger partial charge in [-0.2, -0.15) is 0 Å². The monoisotopic (exact) mass is 277 g/mol. The first-order chi connectivity index (χ1) is 9.31. The standard InChI is InChI=1S/C15H20ClN3/c16-13-10-14(19-15(18-13)12-6-7-12)17-9-8-11-4-2-1-3-5-11/h4,10,12H,1-3,5-9H2,(H,17,18,19). The van der Waals surface area contributed by atoms with Gasteiger partial charge in [-0.3, -0.25) is 0 Å². The van der Waals surface area contributed by atoms with E-state index in [-0.39, 0.29) is 0 Å². The smallest absolute Gasteiger partial charge is 0.135 e. The minimum atomic E-state index is 0.542. The Morgan fingerprint density at radius 1 is 1.26 bits per heavy atom. The quantitative estimate of drug-likeness (QED) is 0.644. The number of halogens is 1. The van der Waals surface area contributed by atoms with E-state index in [9.17, 15) is 0 Å². The van der Waals surface area contributed by atoms with E-state index >= 15 is 0 Å². The number of allylic oxidation sites excluding steroid dienone is 1. The van der Waals surface area contributed by atoms with Crippen molar-refractivity contribution in [2.45, 2.75) is 50.9 Å². The van der Waals surface area contributed by atoms with Gasteiger partial charge in [-0.05, 0) is 44.9 Å². The van der Waals surface area contributed by atoms with Gasteiger partial charge in [-0.25, -0.2) is 9.97 Å². The predicted molar refractivity (Wildman–Crippen MR) is 78.7 cm³/mol. The molecule has 0 unspecified atom stereocenters. The molecule has 3 rings (SSSR count). The summed E-state index contributed by atoms with van der Waals surface area (Å²) in [5.41, 5.74) is 1.58. The molecule has 1 saturated carbocycles. The molecule has 0 amide bonds. The number of nitrogens with one attached hydrogen (secondary N) is 1. The van der Waals surface area contributed by atoms with Gasteiger partial charge in [0.05, 0.1) is 0 Å². The summed E-state index contributed by atoms with van der Waals surface area (Å²) in [6, 6.07) is 1.82. The molecule has 4 heteroatoms. The number of nitrogens with zero attached hydrogens (tertiary/aromatic N) is 2. The lowest BCUT2D eigenvalue weighted by atomic mass is 9.97. The van der Waals surface area contributed by atoms with Gasteiger partial charge in [0.15, 0.2) is 0 Å². The van der Waals surface area contributed by atoms with Crippen molar-refractivity contribution < 1.29 is 0 Å². The third kappa shape index (κ3) is 3.69. The second kappa shape index (κ2) is 5.91. The molecule has 19 heavy (non-hydrogen) atoms. The molecule has 1 aromatic rings. The summed E-state index contributed by atoms with van der Waals surface area (Å²) in [7, 11) is 0. The molecule has 0 aromatic carbocycles. The zero-order valence-electron chi connectivity index (χ0n) is 11.2. The topological polar surface area (TPSA) is 37.8 Å². The van der Waals surface area contributed by atoms with Crippen LogP contribution in [0.1, 0.15) is 56.7 Å². The fourth-order valence-corrected chi connectivity index (χ4v) is 2.72. The third-order valence-corrected chi connectivity index (χ3v) is 3.99. The zero-order chi connectivity index (χ0) is 13.1. The Hall–Kier alpha value is -1.09. The minimum absolute atomic E-state index is 0.542. The van der Waals surface area contributed by atoms with Crippen LogP contribution >= 0.6 is 11.6 Å². The van der Waals surface area contributed by atoms with Crippen LogP contribution in [0.2, 0.25) is 5.15 Å². The van der Waals surface area contributed by atoms with Crippen molar-refractivity contribution in [3.63, 3.8) is 0 Å². The minimum Gasteiger partial charge on any atom is -0.370 e. The number of aromatic nitrogens is 2. The summed E-state index contributed by atoms with van der Waals surface area (Å²) in [5.74, 6) is 2.32. The van der Waals surface area contributed by atoms with E-state index < -0.39 is 0 Å². The van der Waals surface area contributed by atoms with Gasteiger partial charge < -0.3 is 5.32 Å². The molecule has 102 valence electrons. The molecule has 0 spiro atoms. The molecule has 1 heterocycles. The van der Waals surface area contributed by atoms with Crippen LogP contribution in [0.4, 0.5) is 5.82 Å². The Morgan fingerprint density at radius 2 is 2.16 bits per heavy atom. The fourth-order valence-electron chi connectivity index (χ4n) is 2.53. The van der Waals surface area contributed by atoms with Gasteiger partial charge in [0.1, 0.15) is 16.8 Å². The maximum Gasteiger partial charge on any atom is 0.135 e. The molecule has 0 aliphatic heterocycles. The van der Waals surface area contributed by atoms with Crippen molar-refractivity contribution in [1.29, 1.82) is 0 Å². The summed E-state index contributed by atoms with van der Waals surface area (Å²) in [6.45, 7) is 0.934. The molecule has 2 aliphatic carbocycles. The van der Waals surface area contributed by atoms with Gasteiger partial charge in [0.2, 0.25) is 0 Å². The van der Waals surface area contributed by atoms with E-state index in [2.05, 4.69) is 21.4 Å². The van der Waals surface area contributed by atoms with Gasteiger partial charge in [-0.1, -0.05) is 23.3 Å². The van der Waals surface area contributed by atoms with Crippen molar-refractivity contribution in [2.24, 2.45) is 0 Å².